The monoisotopic (exact) mass is 399 g/mol. The average Bonchev–Trinajstić information content (AvgIpc) is 2.68. The summed E-state index contributed by atoms with van der Waals surface area (Å²) in [5.41, 5.74) is -0.175. The first kappa shape index (κ1) is 21.0. The number of benzene rings is 1. The Morgan fingerprint density at radius 1 is 1.14 bits per heavy atom. The van der Waals surface area contributed by atoms with E-state index >= 15 is 0 Å². The molecule has 0 N–H and O–H groups in total. The Bertz CT molecular complexity index is 956. The molecule has 0 aliphatic carbocycles. The molecule has 1 fully saturated rings. The third-order valence-corrected chi connectivity index (χ3v) is 5.41. The SMILES string of the molecule is CC(C)Cn1nc(C(=O)OCC(=O)N2[C@@H](C)CCC[C@@H]2C)c2ccccc2c1=O. The van der Waals surface area contributed by atoms with Gasteiger partial charge in [0.05, 0.1) is 5.39 Å². The number of fused-ring (bicyclic) bond motifs is 1. The van der Waals surface area contributed by atoms with E-state index in [0.29, 0.717) is 17.3 Å². The van der Waals surface area contributed by atoms with Crippen molar-refractivity contribution in [3.63, 3.8) is 0 Å². The highest BCUT2D eigenvalue weighted by Gasteiger charge is 2.30. The van der Waals surface area contributed by atoms with Crippen LogP contribution in [0.5, 0.6) is 0 Å². The lowest BCUT2D eigenvalue weighted by molar-refractivity contribution is -0.140. The fourth-order valence-electron chi connectivity index (χ4n) is 4.04. The van der Waals surface area contributed by atoms with Crippen LogP contribution in [0, 0.1) is 5.92 Å². The Kier molecular flexibility index (Phi) is 6.35. The molecule has 1 aromatic heterocycles. The number of nitrogens with zero attached hydrogens (tertiary/aromatic N) is 3. The molecule has 1 aromatic carbocycles. The zero-order valence-electron chi connectivity index (χ0n) is 17.6. The predicted molar refractivity (Wildman–Crippen MR) is 111 cm³/mol. The minimum Gasteiger partial charge on any atom is -0.451 e. The number of likely N-dealkylation sites (tertiary alicyclic amines) is 1. The summed E-state index contributed by atoms with van der Waals surface area (Å²) in [7, 11) is 0. The zero-order valence-corrected chi connectivity index (χ0v) is 17.6. The molecule has 7 heteroatoms. The molecule has 1 amide bonds. The van der Waals surface area contributed by atoms with E-state index < -0.39 is 5.97 Å². The van der Waals surface area contributed by atoms with E-state index in [9.17, 15) is 14.4 Å². The topological polar surface area (TPSA) is 81.5 Å². The van der Waals surface area contributed by atoms with Crippen molar-refractivity contribution in [3.05, 3.63) is 40.3 Å². The lowest BCUT2D eigenvalue weighted by atomic mass is 9.97. The van der Waals surface area contributed by atoms with Gasteiger partial charge >= 0.3 is 5.97 Å². The fourth-order valence-corrected chi connectivity index (χ4v) is 4.04. The minimum atomic E-state index is -0.690. The molecule has 29 heavy (non-hydrogen) atoms. The molecule has 2 heterocycles. The van der Waals surface area contributed by atoms with E-state index in [4.69, 9.17) is 4.74 Å². The second-order valence-corrected chi connectivity index (χ2v) is 8.28. The number of amides is 1. The molecule has 2 atom stereocenters. The molecule has 1 aliphatic rings. The van der Waals surface area contributed by atoms with Gasteiger partial charge in [-0.15, -0.1) is 0 Å². The van der Waals surface area contributed by atoms with E-state index in [-0.39, 0.29) is 41.8 Å². The van der Waals surface area contributed by atoms with Crippen molar-refractivity contribution in [3.8, 4) is 0 Å². The van der Waals surface area contributed by atoms with Crippen molar-refractivity contribution in [1.82, 2.24) is 14.7 Å². The molecular weight excluding hydrogens is 370 g/mol. The lowest BCUT2D eigenvalue weighted by Crippen LogP contribution is -2.49. The van der Waals surface area contributed by atoms with Gasteiger partial charge < -0.3 is 9.64 Å². The second-order valence-electron chi connectivity index (χ2n) is 8.28. The van der Waals surface area contributed by atoms with Crippen LogP contribution in [0.25, 0.3) is 10.8 Å². The van der Waals surface area contributed by atoms with E-state index in [0.717, 1.165) is 19.3 Å². The van der Waals surface area contributed by atoms with Gasteiger partial charge in [0, 0.05) is 24.0 Å². The third kappa shape index (κ3) is 4.49. The zero-order chi connectivity index (χ0) is 21.1. The van der Waals surface area contributed by atoms with Gasteiger partial charge in [0.1, 0.15) is 0 Å². The maximum atomic E-state index is 12.8. The molecule has 7 nitrogen and oxygen atoms in total. The van der Waals surface area contributed by atoms with Crippen LogP contribution in [0.15, 0.2) is 29.1 Å². The predicted octanol–water partition coefficient (Wildman–Crippen LogP) is 3.00. The molecule has 0 radical (unpaired) electrons. The van der Waals surface area contributed by atoms with E-state index in [1.165, 1.54) is 4.68 Å². The highest BCUT2D eigenvalue weighted by atomic mass is 16.5. The third-order valence-electron chi connectivity index (χ3n) is 5.41. The van der Waals surface area contributed by atoms with Crippen LogP contribution in [0.1, 0.15) is 57.4 Å². The molecule has 0 bridgehead atoms. The van der Waals surface area contributed by atoms with Gasteiger partial charge in [0.15, 0.2) is 12.3 Å². The fraction of sp³-hybridized carbons (Fsp3) is 0.545. The summed E-state index contributed by atoms with van der Waals surface area (Å²) in [5, 5.41) is 5.12. The molecule has 0 spiro atoms. The lowest BCUT2D eigenvalue weighted by Gasteiger charge is -2.38. The number of rotatable bonds is 5. The smallest absolute Gasteiger partial charge is 0.359 e. The maximum Gasteiger partial charge on any atom is 0.359 e. The van der Waals surface area contributed by atoms with Crippen LogP contribution in [0.2, 0.25) is 0 Å². The van der Waals surface area contributed by atoms with Crippen molar-refractivity contribution in [2.45, 2.75) is 65.6 Å². The summed E-state index contributed by atoms with van der Waals surface area (Å²) < 4.78 is 6.65. The first-order valence-corrected chi connectivity index (χ1v) is 10.3. The quantitative estimate of drug-likeness (QED) is 0.722. The van der Waals surface area contributed by atoms with Crippen LogP contribution in [-0.4, -0.2) is 45.2 Å². The molecule has 2 aromatic rings. The number of esters is 1. The van der Waals surface area contributed by atoms with Gasteiger partial charge in [-0.25, -0.2) is 9.48 Å². The number of hydrogen-bond acceptors (Lipinski definition) is 5. The van der Waals surface area contributed by atoms with Gasteiger partial charge in [0.2, 0.25) is 0 Å². The van der Waals surface area contributed by atoms with Crippen molar-refractivity contribution >= 4 is 22.6 Å². The van der Waals surface area contributed by atoms with Crippen LogP contribution >= 0.6 is 0 Å². The molecule has 1 aliphatic heterocycles. The normalized spacial score (nSPS) is 19.6. The number of piperidine rings is 1. The summed E-state index contributed by atoms with van der Waals surface area (Å²) in [6.07, 6.45) is 3.01. The Balaban J connectivity index is 1.84. The van der Waals surface area contributed by atoms with E-state index in [1.54, 1.807) is 24.3 Å². The number of carbonyl (C=O) groups is 2. The Morgan fingerprint density at radius 2 is 1.76 bits per heavy atom. The van der Waals surface area contributed by atoms with Gasteiger partial charge in [0.25, 0.3) is 11.5 Å². The van der Waals surface area contributed by atoms with Crippen molar-refractivity contribution in [1.29, 1.82) is 0 Å². The highest BCUT2D eigenvalue weighted by molar-refractivity contribution is 6.02. The van der Waals surface area contributed by atoms with Crippen LogP contribution < -0.4 is 5.56 Å². The molecule has 3 rings (SSSR count). The largest absolute Gasteiger partial charge is 0.451 e. The molecule has 0 unspecified atom stereocenters. The second kappa shape index (κ2) is 8.76. The summed E-state index contributed by atoms with van der Waals surface area (Å²) in [6, 6.07) is 7.12. The van der Waals surface area contributed by atoms with Gasteiger partial charge in [-0.2, -0.15) is 5.10 Å². The molecule has 156 valence electrons. The number of ether oxygens (including phenoxy) is 1. The van der Waals surface area contributed by atoms with Gasteiger partial charge in [-0.1, -0.05) is 32.0 Å². The Hall–Kier alpha value is -2.70. The van der Waals surface area contributed by atoms with Gasteiger partial charge in [-0.3, -0.25) is 9.59 Å². The number of carbonyl (C=O) groups excluding carboxylic acids is 2. The highest BCUT2D eigenvalue weighted by Crippen LogP contribution is 2.22. The van der Waals surface area contributed by atoms with Crippen molar-refractivity contribution < 1.29 is 14.3 Å². The molecule has 1 saturated heterocycles. The Labute approximate surface area is 170 Å². The number of aromatic nitrogens is 2. The molecular formula is C22H29N3O4. The first-order valence-electron chi connectivity index (χ1n) is 10.3. The average molecular weight is 399 g/mol. The van der Waals surface area contributed by atoms with Crippen LogP contribution in [0.3, 0.4) is 0 Å². The van der Waals surface area contributed by atoms with E-state index in [2.05, 4.69) is 5.10 Å². The number of hydrogen-bond donors (Lipinski definition) is 0. The summed E-state index contributed by atoms with van der Waals surface area (Å²) in [6.45, 7) is 8.05. The molecule has 0 saturated carbocycles. The summed E-state index contributed by atoms with van der Waals surface area (Å²) in [5.74, 6) is -0.698. The van der Waals surface area contributed by atoms with Crippen molar-refractivity contribution in [2.24, 2.45) is 5.92 Å². The van der Waals surface area contributed by atoms with Crippen molar-refractivity contribution in [2.75, 3.05) is 6.61 Å². The summed E-state index contributed by atoms with van der Waals surface area (Å²) >= 11 is 0. The maximum absolute atomic E-state index is 12.8. The Morgan fingerprint density at radius 3 is 2.38 bits per heavy atom. The van der Waals surface area contributed by atoms with Crippen LogP contribution in [-0.2, 0) is 16.1 Å². The van der Waals surface area contributed by atoms with Gasteiger partial charge in [-0.05, 0) is 45.1 Å². The van der Waals surface area contributed by atoms with Crippen LogP contribution in [0.4, 0.5) is 0 Å². The minimum absolute atomic E-state index is 0.0633. The van der Waals surface area contributed by atoms with E-state index in [1.807, 2.05) is 32.6 Å². The standard InChI is InChI=1S/C22H29N3O4/c1-14(2)12-24-21(27)18-11-6-5-10-17(18)20(23-24)22(28)29-13-19(26)25-15(3)8-7-9-16(25)4/h5-6,10-11,14-16H,7-9,12-13H2,1-4H3/t15-,16-/m0/s1. The summed E-state index contributed by atoms with van der Waals surface area (Å²) in [4.78, 5) is 39.9. The first-order chi connectivity index (χ1) is 13.8.